The molecule has 342 valence electrons. The zero-order valence-electron chi connectivity index (χ0n) is 37.3. The van der Waals surface area contributed by atoms with Crippen LogP contribution < -0.4 is 15.4 Å². The summed E-state index contributed by atoms with van der Waals surface area (Å²) in [5, 5.41) is 7.32. The average Bonchev–Trinajstić information content (AvgIpc) is 3.81. The normalized spacial score (nSPS) is 21.9. The van der Waals surface area contributed by atoms with Crippen molar-refractivity contribution in [2.45, 2.75) is 69.1 Å². The standard InChI is InChI=1S/C49H52N8O9/c1-25(63-3)41(54-48(60)64-4)47(59)57-37-18-30(37)19-39(57)44-50-21-36(52-44)29-11-13-32-31(16-29)24-66-40-20-33-28(17-34(32)40)12-14-35-43(33)53-45(51-35)38-15-26(23-62-2)22-56(38)46(58)42(55-49(61)65-5)27-9-7-6-8-10-27/h6-14,16-17,20-21,25-26,30,37-39,41-42H,15,18-19,22-24H2,1-5H3,(H,50,52)(H,51,53)(H,54,60)(H,55,61)/t25-,26+,30-,37-,38+,39+,41-,42?/m1/s1. The molecule has 3 fully saturated rings. The Morgan fingerprint density at radius 3 is 2.42 bits per heavy atom. The molecule has 4 N–H and O–H groups in total. The quantitative estimate of drug-likeness (QED) is 0.102. The van der Waals surface area contributed by atoms with E-state index in [1.54, 1.807) is 25.1 Å². The van der Waals surface area contributed by atoms with Crippen molar-refractivity contribution in [1.29, 1.82) is 0 Å². The first-order valence-electron chi connectivity index (χ1n) is 22.2. The monoisotopic (exact) mass is 896 g/mol. The van der Waals surface area contributed by atoms with E-state index in [2.05, 4.69) is 50.9 Å². The summed E-state index contributed by atoms with van der Waals surface area (Å²) in [6.45, 7) is 3.00. The number of hydrogen-bond acceptors (Lipinski definition) is 11. The number of likely N-dealkylation sites (tertiary alicyclic amines) is 2. The van der Waals surface area contributed by atoms with Crippen LogP contribution in [0.3, 0.4) is 0 Å². The number of nitrogens with one attached hydrogen (secondary N) is 4. The number of benzene rings is 4. The smallest absolute Gasteiger partial charge is 0.407 e. The van der Waals surface area contributed by atoms with Crippen molar-refractivity contribution in [3.8, 4) is 28.1 Å². The first-order valence-corrected chi connectivity index (χ1v) is 22.2. The summed E-state index contributed by atoms with van der Waals surface area (Å²) in [5.74, 6) is 2.04. The van der Waals surface area contributed by atoms with Gasteiger partial charge in [0.15, 0.2) is 0 Å². The lowest BCUT2D eigenvalue weighted by atomic mass is 9.92. The van der Waals surface area contributed by atoms with Gasteiger partial charge in [-0.15, -0.1) is 0 Å². The van der Waals surface area contributed by atoms with Crippen molar-refractivity contribution in [2.24, 2.45) is 11.8 Å². The lowest BCUT2D eigenvalue weighted by molar-refractivity contribution is -0.139. The number of carbonyl (C=O) groups excluding carboxylic acids is 4. The van der Waals surface area contributed by atoms with Crippen LogP contribution in [-0.4, -0.2) is 114 Å². The Morgan fingerprint density at radius 2 is 1.65 bits per heavy atom. The number of hydrogen-bond donors (Lipinski definition) is 4. The fourth-order valence-electron chi connectivity index (χ4n) is 10.2. The van der Waals surface area contributed by atoms with E-state index in [9.17, 15) is 19.2 Å². The van der Waals surface area contributed by atoms with Gasteiger partial charge in [-0.2, -0.15) is 0 Å². The van der Waals surface area contributed by atoms with Gasteiger partial charge in [0.1, 0.15) is 36.1 Å². The summed E-state index contributed by atoms with van der Waals surface area (Å²) in [4.78, 5) is 73.7. The molecular weight excluding hydrogens is 845 g/mol. The number of amides is 4. The molecule has 2 aromatic heterocycles. The highest BCUT2D eigenvalue weighted by Crippen LogP contribution is 2.53. The second-order valence-corrected chi connectivity index (χ2v) is 17.7. The molecule has 1 unspecified atom stereocenters. The summed E-state index contributed by atoms with van der Waals surface area (Å²) in [7, 11) is 5.71. The molecule has 0 radical (unpaired) electrons. The molecule has 2 saturated heterocycles. The molecule has 0 bridgehead atoms. The van der Waals surface area contributed by atoms with Crippen LogP contribution in [0.4, 0.5) is 9.59 Å². The number of imidazole rings is 2. The number of aromatic nitrogens is 4. The molecule has 10 rings (SSSR count). The number of H-pyrrole nitrogens is 2. The Kier molecular flexibility index (Phi) is 11.3. The summed E-state index contributed by atoms with van der Waals surface area (Å²) >= 11 is 0. The van der Waals surface area contributed by atoms with Gasteiger partial charge in [0, 0.05) is 43.7 Å². The van der Waals surface area contributed by atoms with Crippen LogP contribution in [0, 0.1) is 11.8 Å². The fraction of sp³-hybridized carbons (Fsp3) is 0.388. The molecule has 3 aliphatic heterocycles. The highest BCUT2D eigenvalue weighted by atomic mass is 16.5. The van der Waals surface area contributed by atoms with Crippen molar-refractivity contribution in [2.75, 3.05) is 41.6 Å². The molecule has 4 aliphatic rings. The van der Waals surface area contributed by atoms with Crippen LogP contribution in [0.2, 0.25) is 0 Å². The molecule has 1 saturated carbocycles. The number of ether oxygens (including phenoxy) is 5. The predicted octanol–water partition coefficient (Wildman–Crippen LogP) is 6.72. The molecule has 4 aromatic carbocycles. The van der Waals surface area contributed by atoms with Gasteiger partial charge in [0.2, 0.25) is 5.91 Å². The van der Waals surface area contributed by atoms with E-state index in [-0.39, 0.29) is 29.8 Å². The van der Waals surface area contributed by atoms with Crippen molar-refractivity contribution >= 4 is 45.8 Å². The maximum absolute atomic E-state index is 14.4. The predicted molar refractivity (Wildman–Crippen MR) is 242 cm³/mol. The van der Waals surface area contributed by atoms with Crippen LogP contribution in [0.5, 0.6) is 5.75 Å². The van der Waals surface area contributed by atoms with Gasteiger partial charge in [-0.25, -0.2) is 19.6 Å². The van der Waals surface area contributed by atoms with Crippen LogP contribution in [0.15, 0.2) is 79.0 Å². The maximum atomic E-state index is 14.4. The molecule has 66 heavy (non-hydrogen) atoms. The van der Waals surface area contributed by atoms with E-state index in [4.69, 9.17) is 33.7 Å². The number of carbonyl (C=O) groups is 4. The van der Waals surface area contributed by atoms with Crippen LogP contribution in [0.25, 0.3) is 44.2 Å². The Balaban J connectivity index is 0.912. The highest BCUT2D eigenvalue weighted by Gasteiger charge is 2.56. The number of nitrogens with zero attached hydrogens (tertiary/aromatic N) is 4. The molecule has 0 spiro atoms. The van der Waals surface area contributed by atoms with Gasteiger partial charge >= 0.3 is 12.2 Å². The molecule has 4 amide bonds. The third-order valence-electron chi connectivity index (χ3n) is 13.7. The highest BCUT2D eigenvalue weighted by molar-refractivity contribution is 6.07. The number of fused-ring (bicyclic) bond motifs is 7. The second kappa shape index (κ2) is 17.4. The van der Waals surface area contributed by atoms with Gasteiger partial charge in [0.25, 0.3) is 5.91 Å². The summed E-state index contributed by atoms with van der Waals surface area (Å²) in [6, 6.07) is 21.3. The Morgan fingerprint density at radius 1 is 0.848 bits per heavy atom. The van der Waals surface area contributed by atoms with E-state index in [1.165, 1.54) is 21.3 Å². The number of rotatable bonds is 12. The summed E-state index contributed by atoms with van der Waals surface area (Å²) < 4.78 is 27.2. The minimum atomic E-state index is -0.958. The van der Waals surface area contributed by atoms with Gasteiger partial charge in [-0.05, 0) is 84.0 Å². The number of aromatic amines is 2. The molecular formula is C49H52N8O9. The zero-order valence-corrected chi connectivity index (χ0v) is 37.3. The Labute approximate surface area is 380 Å². The van der Waals surface area contributed by atoms with Crippen molar-refractivity contribution in [1.82, 2.24) is 40.4 Å². The topological polar surface area (TPSA) is 202 Å². The molecule has 6 aromatic rings. The van der Waals surface area contributed by atoms with Crippen molar-refractivity contribution in [3.63, 3.8) is 0 Å². The summed E-state index contributed by atoms with van der Waals surface area (Å²) in [5.41, 5.74) is 7.06. The first kappa shape index (κ1) is 42.9. The SMILES string of the molecule is COC[C@H]1C[C@@H](c2nc3c(ccc4cc5c(cc43)OCc3cc(-c4cnc([C@@H]6C[C@H]7C[C@H]7N6C(=O)[C@H](NC(=O)OC)[C@@H](C)OC)[nH]4)ccc3-5)[nH]2)N(C(=O)C(NC(=O)OC)c2ccccc2)C1. The first-order chi connectivity index (χ1) is 32.1. The largest absolute Gasteiger partial charge is 0.488 e. The van der Waals surface area contributed by atoms with E-state index < -0.39 is 36.4 Å². The summed E-state index contributed by atoms with van der Waals surface area (Å²) in [6.07, 6.45) is 2.17. The van der Waals surface area contributed by atoms with Crippen LogP contribution in [-0.2, 0) is 35.1 Å². The molecule has 1 aliphatic carbocycles. The van der Waals surface area contributed by atoms with E-state index in [1.807, 2.05) is 47.4 Å². The third kappa shape index (κ3) is 7.74. The third-order valence-corrected chi connectivity index (χ3v) is 13.7. The zero-order chi connectivity index (χ0) is 45.8. The van der Waals surface area contributed by atoms with E-state index in [0.717, 1.165) is 68.3 Å². The maximum Gasteiger partial charge on any atom is 0.407 e. The van der Waals surface area contributed by atoms with Gasteiger partial charge < -0.3 is 54.1 Å². The number of piperidine rings is 1. The van der Waals surface area contributed by atoms with Crippen LogP contribution in [0.1, 0.15) is 67.1 Å². The number of methoxy groups -OCH3 is 4. The van der Waals surface area contributed by atoms with Gasteiger partial charge in [-0.3, -0.25) is 9.59 Å². The minimum absolute atomic E-state index is 0.0557. The molecule has 17 nitrogen and oxygen atoms in total. The number of alkyl carbamates (subject to hydrolysis) is 2. The Hall–Kier alpha value is -6.98. The minimum Gasteiger partial charge on any atom is -0.488 e. The van der Waals surface area contributed by atoms with E-state index in [0.29, 0.717) is 49.3 Å². The fourth-order valence-corrected chi connectivity index (χ4v) is 10.2. The molecule has 5 heterocycles. The van der Waals surface area contributed by atoms with Crippen LogP contribution >= 0.6 is 0 Å². The Bertz CT molecular complexity index is 2850. The average molecular weight is 897 g/mol. The molecule has 8 atom stereocenters. The lowest BCUT2D eigenvalue weighted by Crippen LogP contribution is -2.54. The van der Waals surface area contributed by atoms with Gasteiger partial charge in [0.05, 0.1) is 61.9 Å². The van der Waals surface area contributed by atoms with Crippen molar-refractivity contribution in [3.05, 3.63) is 102 Å². The van der Waals surface area contributed by atoms with E-state index >= 15 is 0 Å². The second-order valence-electron chi connectivity index (χ2n) is 17.7. The lowest BCUT2D eigenvalue weighted by Gasteiger charge is -2.32. The van der Waals surface area contributed by atoms with Gasteiger partial charge in [-0.1, -0.05) is 48.5 Å². The van der Waals surface area contributed by atoms with Crippen molar-refractivity contribution < 1.29 is 42.9 Å². The molecule has 17 heteroatoms.